The number of rotatable bonds is 2. The molecule has 21 heavy (non-hydrogen) atoms. The van der Waals surface area contributed by atoms with Crippen LogP contribution in [0, 0.1) is 5.41 Å². The lowest BCUT2D eigenvalue weighted by Gasteiger charge is -2.45. The molecule has 1 aliphatic carbocycles. The standard InChI is InChI=1S/C18H28N2O/c1-14(19)16-6-5-15(13-17(16)21)20-11-9-18(10-12-20)7-3-2-4-8-18/h5-6,13-14,21H,2-4,7-12,19H2,1H3. The van der Waals surface area contributed by atoms with Gasteiger partial charge in [-0.3, -0.25) is 0 Å². The molecule has 3 heteroatoms. The lowest BCUT2D eigenvalue weighted by atomic mass is 9.68. The summed E-state index contributed by atoms with van der Waals surface area (Å²) in [6.07, 6.45) is 9.74. The van der Waals surface area contributed by atoms with Crippen molar-refractivity contribution in [2.45, 2.75) is 57.9 Å². The van der Waals surface area contributed by atoms with Crippen molar-refractivity contribution in [1.29, 1.82) is 0 Å². The van der Waals surface area contributed by atoms with Crippen LogP contribution >= 0.6 is 0 Å². The normalized spacial score (nSPS) is 23.2. The average Bonchev–Trinajstić information content (AvgIpc) is 2.48. The number of piperidine rings is 1. The van der Waals surface area contributed by atoms with E-state index < -0.39 is 0 Å². The molecule has 116 valence electrons. The van der Waals surface area contributed by atoms with E-state index in [1.165, 1.54) is 44.9 Å². The number of nitrogens with two attached hydrogens (primary N) is 1. The molecule has 1 spiro atoms. The van der Waals surface area contributed by atoms with Crippen LogP contribution in [0.25, 0.3) is 0 Å². The van der Waals surface area contributed by atoms with E-state index in [2.05, 4.69) is 11.0 Å². The Morgan fingerprint density at radius 3 is 2.33 bits per heavy atom. The van der Waals surface area contributed by atoms with E-state index in [0.717, 1.165) is 24.3 Å². The molecule has 1 unspecified atom stereocenters. The molecule has 1 heterocycles. The first-order valence-electron chi connectivity index (χ1n) is 8.43. The fraction of sp³-hybridized carbons (Fsp3) is 0.667. The molecule has 1 aromatic rings. The quantitative estimate of drug-likeness (QED) is 0.866. The van der Waals surface area contributed by atoms with Gasteiger partial charge in [-0.05, 0) is 44.1 Å². The number of aromatic hydroxyl groups is 1. The van der Waals surface area contributed by atoms with E-state index in [1.807, 2.05) is 19.1 Å². The number of benzene rings is 1. The summed E-state index contributed by atoms with van der Waals surface area (Å²) in [4.78, 5) is 2.42. The second-order valence-corrected chi connectivity index (χ2v) is 7.08. The summed E-state index contributed by atoms with van der Waals surface area (Å²) in [5.74, 6) is 0.334. The van der Waals surface area contributed by atoms with E-state index in [4.69, 9.17) is 5.73 Å². The molecule has 0 aromatic heterocycles. The predicted molar refractivity (Wildman–Crippen MR) is 87.7 cm³/mol. The summed E-state index contributed by atoms with van der Waals surface area (Å²) < 4.78 is 0. The van der Waals surface area contributed by atoms with Crippen molar-refractivity contribution in [3.63, 3.8) is 0 Å². The number of hydrogen-bond acceptors (Lipinski definition) is 3. The predicted octanol–water partition coefficient (Wildman–Crippen LogP) is 3.96. The van der Waals surface area contributed by atoms with Gasteiger partial charge in [0, 0.05) is 36.4 Å². The summed E-state index contributed by atoms with van der Waals surface area (Å²) in [6, 6.07) is 5.85. The molecule has 1 saturated carbocycles. The maximum atomic E-state index is 10.1. The first-order chi connectivity index (χ1) is 10.1. The van der Waals surface area contributed by atoms with Crippen LogP contribution in [0.5, 0.6) is 5.75 Å². The lowest BCUT2D eigenvalue weighted by Crippen LogP contribution is -2.41. The first kappa shape index (κ1) is 14.7. The van der Waals surface area contributed by atoms with Crippen LogP contribution in [0.1, 0.15) is 63.5 Å². The van der Waals surface area contributed by atoms with Crippen LogP contribution in [0.2, 0.25) is 0 Å². The van der Waals surface area contributed by atoms with Gasteiger partial charge >= 0.3 is 0 Å². The summed E-state index contributed by atoms with van der Waals surface area (Å²) >= 11 is 0. The Balaban J connectivity index is 1.68. The van der Waals surface area contributed by atoms with Gasteiger partial charge in [-0.1, -0.05) is 25.3 Å². The summed E-state index contributed by atoms with van der Waals surface area (Å²) in [7, 11) is 0. The van der Waals surface area contributed by atoms with Crippen molar-refractivity contribution in [3.05, 3.63) is 23.8 Å². The fourth-order valence-electron chi connectivity index (χ4n) is 4.15. The van der Waals surface area contributed by atoms with Gasteiger partial charge in [-0.25, -0.2) is 0 Å². The molecule has 1 aliphatic heterocycles. The third-order valence-corrected chi connectivity index (χ3v) is 5.61. The minimum atomic E-state index is -0.120. The lowest BCUT2D eigenvalue weighted by molar-refractivity contribution is 0.144. The van der Waals surface area contributed by atoms with E-state index in [0.29, 0.717) is 11.2 Å². The second kappa shape index (κ2) is 5.88. The Bertz CT molecular complexity index is 482. The highest BCUT2D eigenvalue weighted by Crippen LogP contribution is 2.45. The molecular formula is C18H28N2O. The maximum Gasteiger partial charge on any atom is 0.122 e. The van der Waals surface area contributed by atoms with Crippen LogP contribution in [0.15, 0.2) is 18.2 Å². The SMILES string of the molecule is CC(N)c1ccc(N2CCC3(CCCCC3)CC2)cc1O. The van der Waals surface area contributed by atoms with Crippen LogP contribution in [-0.2, 0) is 0 Å². The summed E-state index contributed by atoms with van der Waals surface area (Å²) in [5, 5.41) is 10.1. The van der Waals surface area contributed by atoms with Crippen LogP contribution in [-0.4, -0.2) is 18.2 Å². The van der Waals surface area contributed by atoms with Gasteiger partial charge in [0.05, 0.1) is 0 Å². The van der Waals surface area contributed by atoms with Gasteiger partial charge in [-0.15, -0.1) is 0 Å². The van der Waals surface area contributed by atoms with E-state index >= 15 is 0 Å². The number of anilines is 1. The van der Waals surface area contributed by atoms with Crippen molar-refractivity contribution in [2.24, 2.45) is 11.1 Å². The zero-order valence-corrected chi connectivity index (χ0v) is 13.1. The number of phenolic OH excluding ortho intramolecular Hbond substituents is 1. The summed E-state index contributed by atoms with van der Waals surface area (Å²) in [5.41, 5.74) is 8.46. The molecule has 2 fully saturated rings. The Hall–Kier alpha value is -1.22. The van der Waals surface area contributed by atoms with Crippen molar-refractivity contribution >= 4 is 5.69 Å². The van der Waals surface area contributed by atoms with Crippen molar-refractivity contribution in [2.75, 3.05) is 18.0 Å². The molecule has 0 bridgehead atoms. The molecular weight excluding hydrogens is 260 g/mol. The number of phenols is 1. The molecule has 0 amide bonds. The van der Waals surface area contributed by atoms with Gasteiger partial charge in [0.15, 0.2) is 0 Å². The van der Waals surface area contributed by atoms with Gasteiger partial charge < -0.3 is 15.7 Å². The minimum Gasteiger partial charge on any atom is -0.508 e. The van der Waals surface area contributed by atoms with Gasteiger partial charge in [0.2, 0.25) is 0 Å². The van der Waals surface area contributed by atoms with Crippen molar-refractivity contribution in [1.82, 2.24) is 0 Å². The average molecular weight is 288 g/mol. The van der Waals surface area contributed by atoms with E-state index in [9.17, 15) is 5.11 Å². The zero-order valence-electron chi connectivity index (χ0n) is 13.1. The fourth-order valence-corrected chi connectivity index (χ4v) is 4.15. The van der Waals surface area contributed by atoms with Gasteiger partial charge in [-0.2, -0.15) is 0 Å². The largest absolute Gasteiger partial charge is 0.508 e. The monoisotopic (exact) mass is 288 g/mol. The topological polar surface area (TPSA) is 49.5 Å². The Morgan fingerprint density at radius 1 is 1.10 bits per heavy atom. The first-order valence-corrected chi connectivity index (χ1v) is 8.43. The highest BCUT2D eigenvalue weighted by atomic mass is 16.3. The molecule has 1 aromatic carbocycles. The zero-order chi connectivity index (χ0) is 14.9. The Morgan fingerprint density at radius 2 is 1.76 bits per heavy atom. The number of nitrogens with zero attached hydrogens (tertiary/aromatic N) is 1. The maximum absolute atomic E-state index is 10.1. The molecule has 3 rings (SSSR count). The van der Waals surface area contributed by atoms with E-state index in [1.54, 1.807) is 0 Å². The molecule has 3 nitrogen and oxygen atoms in total. The minimum absolute atomic E-state index is 0.120. The third-order valence-electron chi connectivity index (χ3n) is 5.61. The van der Waals surface area contributed by atoms with Crippen molar-refractivity contribution in [3.8, 4) is 5.75 Å². The highest BCUT2D eigenvalue weighted by Gasteiger charge is 2.35. The van der Waals surface area contributed by atoms with E-state index in [-0.39, 0.29) is 6.04 Å². The second-order valence-electron chi connectivity index (χ2n) is 7.08. The van der Waals surface area contributed by atoms with Crippen LogP contribution in [0.4, 0.5) is 5.69 Å². The van der Waals surface area contributed by atoms with Gasteiger partial charge in [0.25, 0.3) is 0 Å². The third kappa shape index (κ3) is 3.03. The molecule has 1 atom stereocenters. The summed E-state index contributed by atoms with van der Waals surface area (Å²) in [6.45, 7) is 4.15. The van der Waals surface area contributed by atoms with Gasteiger partial charge in [0.1, 0.15) is 5.75 Å². The van der Waals surface area contributed by atoms with Crippen LogP contribution in [0.3, 0.4) is 0 Å². The Labute approximate surface area is 128 Å². The molecule has 3 N–H and O–H groups in total. The van der Waals surface area contributed by atoms with Crippen molar-refractivity contribution < 1.29 is 5.11 Å². The highest BCUT2D eigenvalue weighted by molar-refractivity contribution is 5.54. The Kier molecular flexibility index (Phi) is 4.12. The number of hydrogen-bond donors (Lipinski definition) is 2. The molecule has 1 saturated heterocycles. The smallest absolute Gasteiger partial charge is 0.122 e. The molecule has 0 radical (unpaired) electrons. The molecule has 2 aliphatic rings. The van der Waals surface area contributed by atoms with Crippen LogP contribution < -0.4 is 10.6 Å².